The third-order valence-corrected chi connectivity index (χ3v) is 3.13. The highest BCUT2D eigenvalue weighted by Gasteiger charge is 2.07. The SMILES string of the molecule is CCCC(CCl)Cc1cncs1. The van der Waals surface area contributed by atoms with Crippen LogP contribution >= 0.6 is 22.9 Å². The number of halogens is 1. The van der Waals surface area contributed by atoms with Crippen LogP contribution in [0.4, 0.5) is 0 Å². The van der Waals surface area contributed by atoms with Crippen molar-refractivity contribution >= 4 is 22.9 Å². The van der Waals surface area contributed by atoms with E-state index in [9.17, 15) is 0 Å². The van der Waals surface area contributed by atoms with Gasteiger partial charge in [0.05, 0.1) is 5.51 Å². The van der Waals surface area contributed by atoms with Gasteiger partial charge >= 0.3 is 0 Å². The standard InChI is InChI=1S/C9H14ClNS/c1-2-3-8(5-10)4-9-6-11-7-12-9/h6-8H,2-5H2,1H3. The Morgan fingerprint density at radius 2 is 2.50 bits per heavy atom. The summed E-state index contributed by atoms with van der Waals surface area (Å²) in [5.74, 6) is 1.41. The normalized spacial score (nSPS) is 13.2. The molecule has 1 atom stereocenters. The van der Waals surface area contributed by atoms with Crippen LogP contribution in [0.15, 0.2) is 11.7 Å². The van der Waals surface area contributed by atoms with Crippen molar-refractivity contribution in [3.8, 4) is 0 Å². The molecule has 0 N–H and O–H groups in total. The van der Waals surface area contributed by atoms with Gasteiger partial charge < -0.3 is 0 Å². The predicted octanol–water partition coefficient (Wildman–Crippen LogP) is 3.34. The fourth-order valence-corrected chi connectivity index (χ4v) is 2.24. The lowest BCUT2D eigenvalue weighted by Gasteiger charge is -2.09. The van der Waals surface area contributed by atoms with Gasteiger partial charge in [-0.1, -0.05) is 13.3 Å². The van der Waals surface area contributed by atoms with Crippen LogP contribution in [-0.2, 0) is 6.42 Å². The van der Waals surface area contributed by atoms with Crippen LogP contribution in [0.25, 0.3) is 0 Å². The Morgan fingerprint density at radius 3 is 3.00 bits per heavy atom. The number of rotatable bonds is 5. The van der Waals surface area contributed by atoms with E-state index in [1.165, 1.54) is 17.7 Å². The van der Waals surface area contributed by atoms with E-state index in [-0.39, 0.29) is 0 Å². The Kier molecular flexibility index (Phi) is 4.62. The Morgan fingerprint density at radius 1 is 1.67 bits per heavy atom. The van der Waals surface area contributed by atoms with E-state index in [1.54, 1.807) is 11.3 Å². The molecule has 0 amide bonds. The molecule has 1 heterocycles. The summed E-state index contributed by atoms with van der Waals surface area (Å²) >= 11 is 7.57. The first-order chi connectivity index (χ1) is 5.86. The molecule has 1 unspecified atom stereocenters. The number of hydrogen-bond donors (Lipinski definition) is 0. The zero-order valence-corrected chi connectivity index (χ0v) is 8.87. The van der Waals surface area contributed by atoms with Crippen LogP contribution in [-0.4, -0.2) is 10.9 Å². The molecule has 1 aromatic heterocycles. The first-order valence-corrected chi connectivity index (χ1v) is 5.71. The maximum atomic E-state index is 5.85. The summed E-state index contributed by atoms with van der Waals surface area (Å²) < 4.78 is 0. The van der Waals surface area contributed by atoms with Gasteiger partial charge in [-0.05, 0) is 18.8 Å². The summed E-state index contributed by atoms with van der Waals surface area (Å²) in [4.78, 5) is 5.40. The van der Waals surface area contributed by atoms with Gasteiger partial charge in [0.1, 0.15) is 0 Å². The topological polar surface area (TPSA) is 12.9 Å². The number of hydrogen-bond acceptors (Lipinski definition) is 2. The molecule has 0 saturated heterocycles. The molecule has 0 aliphatic carbocycles. The van der Waals surface area contributed by atoms with Gasteiger partial charge in [0.15, 0.2) is 0 Å². The Hall–Kier alpha value is -0.0800. The summed E-state index contributed by atoms with van der Waals surface area (Å²) in [5.41, 5.74) is 1.88. The maximum Gasteiger partial charge on any atom is 0.0794 e. The zero-order chi connectivity index (χ0) is 8.81. The average Bonchev–Trinajstić information content (AvgIpc) is 2.56. The summed E-state index contributed by atoms with van der Waals surface area (Å²) in [7, 11) is 0. The van der Waals surface area contributed by atoms with Crippen LogP contribution in [0.3, 0.4) is 0 Å². The third-order valence-electron chi connectivity index (χ3n) is 1.89. The fourth-order valence-electron chi connectivity index (χ4n) is 1.27. The first-order valence-electron chi connectivity index (χ1n) is 4.30. The van der Waals surface area contributed by atoms with E-state index in [1.807, 2.05) is 11.7 Å². The monoisotopic (exact) mass is 203 g/mol. The van der Waals surface area contributed by atoms with Crippen molar-refractivity contribution in [3.63, 3.8) is 0 Å². The zero-order valence-electron chi connectivity index (χ0n) is 7.29. The number of nitrogens with zero attached hydrogens (tertiary/aromatic N) is 1. The summed E-state index contributed by atoms with van der Waals surface area (Å²) in [6.45, 7) is 2.20. The molecular formula is C9H14ClNS. The molecule has 0 spiro atoms. The predicted molar refractivity (Wildman–Crippen MR) is 54.9 cm³/mol. The minimum Gasteiger partial charge on any atom is -0.253 e. The third kappa shape index (κ3) is 3.11. The Balaban J connectivity index is 2.37. The smallest absolute Gasteiger partial charge is 0.0794 e. The minimum atomic E-state index is 0.636. The van der Waals surface area contributed by atoms with Crippen molar-refractivity contribution in [1.29, 1.82) is 0 Å². The first kappa shape index (κ1) is 10.0. The van der Waals surface area contributed by atoms with Gasteiger partial charge in [-0.25, -0.2) is 0 Å². The van der Waals surface area contributed by atoms with Crippen molar-refractivity contribution in [2.75, 3.05) is 5.88 Å². The van der Waals surface area contributed by atoms with E-state index in [2.05, 4.69) is 11.9 Å². The average molecular weight is 204 g/mol. The van der Waals surface area contributed by atoms with Crippen LogP contribution in [0, 0.1) is 5.92 Å². The lowest BCUT2D eigenvalue weighted by Crippen LogP contribution is -2.04. The van der Waals surface area contributed by atoms with Crippen molar-refractivity contribution in [2.24, 2.45) is 5.92 Å². The van der Waals surface area contributed by atoms with Gasteiger partial charge in [-0.3, -0.25) is 4.98 Å². The number of aromatic nitrogens is 1. The lowest BCUT2D eigenvalue weighted by molar-refractivity contribution is 0.531. The summed E-state index contributed by atoms with van der Waals surface area (Å²) in [6.07, 6.45) is 5.49. The Bertz CT molecular complexity index is 198. The largest absolute Gasteiger partial charge is 0.253 e. The highest BCUT2D eigenvalue weighted by Crippen LogP contribution is 2.17. The van der Waals surface area contributed by atoms with Gasteiger partial charge in [0.25, 0.3) is 0 Å². The molecule has 0 bridgehead atoms. The van der Waals surface area contributed by atoms with Gasteiger partial charge in [-0.15, -0.1) is 22.9 Å². The van der Waals surface area contributed by atoms with Crippen molar-refractivity contribution in [3.05, 3.63) is 16.6 Å². The second-order valence-electron chi connectivity index (χ2n) is 2.98. The molecular weight excluding hydrogens is 190 g/mol. The molecule has 3 heteroatoms. The van der Waals surface area contributed by atoms with E-state index in [0.29, 0.717) is 5.92 Å². The van der Waals surface area contributed by atoms with Gasteiger partial charge in [0, 0.05) is 17.0 Å². The summed E-state index contributed by atoms with van der Waals surface area (Å²) in [6, 6.07) is 0. The molecule has 0 aromatic carbocycles. The molecule has 1 nitrogen and oxygen atoms in total. The minimum absolute atomic E-state index is 0.636. The lowest BCUT2D eigenvalue weighted by atomic mass is 10.0. The fraction of sp³-hybridized carbons (Fsp3) is 0.667. The second kappa shape index (κ2) is 5.55. The highest BCUT2D eigenvalue weighted by molar-refractivity contribution is 7.09. The second-order valence-corrected chi connectivity index (χ2v) is 4.26. The molecule has 1 aromatic rings. The molecule has 0 aliphatic rings. The van der Waals surface area contributed by atoms with Crippen LogP contribution in [0.1, 0.15) is 24.6 Å². The summed E-state index contributed by atoms with van der Waals surface area (Å²) in [5, 5.41) is 0. The van der Waals surface area contributed by atoms with E-state index < -0.39 is 0 Å². The molecule has 0 radical (unpaired) electrons. The van der Waals surface area contributed by atoms with E-state index >= 15 is 0 Å². The Labute approximate surface area is 82.8 Å². The van der Waals surface area contributed by atoms with Crippen LogP contribution in [0.5, 0.6) is 0 Å². The highest BCUT2D eigenvalue weighted by atomic mass is 35.5. The van der Waals surface area contributed by atoms with Crippen molar-refractivity contribution in [2.45, 2.75) is 26.2 Å². The van der Waals surface area contributed by atoms with Gasteiger partial charge in [-0.2, -0.15) is 0 Å². The quantitative estimate of drug-likeness (QED) is 0.669. The van der Waals surface area contributed by atoms with Crippen molar-refractivity contribution in [1.82, 2.24) is 4.98 Å². The number of thiazole rings is 1. The molecule has 1 rings (SSSR count). The van der Waals surface area contributed by atoms with Gasteiger partial charge in [0.2, 0.25) is 0 Å². The number of alkyl halides is 1. The molecule has 0 fully saturated rings. The van der Waals surface area contributed by atoms with E-state index in [0.717, 1.165) is 12.3 Å². The molecule has 12 heavy (non-hydrogen) atoms. The maximum absolute atomic E-state index is 5.85. The molecule has 68 valence electrons. The van der Waals surface area contributed by atoms with Crippen molar-refractivity contribution < 1.29 is 0 Å². The van der Waals surface area contributed by atoms with Crippen LogP contribution in [0.2, 0.25) is 0 Å². The van der Waals surface area contributed by atoms with E-state index in [4.69, 9.17) is 11.6 Å². The molecule has 0 aliphatic heterocycles. The van der Waals surface area contributed by atoms with Crippen LogP contribution < -0.4 is 0 Å². The molecule has 0 saturated carbocycles.